The molecule has 22 heavy (non-hydrogen) atoms. The molecule has 0 bridgehead atoms. The van der Waals surface area contributed by atoms with Gasteiger partial charge in [0.1, 0.15) is 11.6 Å². The Morgan fingerprint density at radius 2 is 1.68 bits per heavy atom. The normalized spacial score (nSPS) is 14.7. The number of rotatable bonds is 7. The van der Waals surface area contributed by atoms with Crippen LogP contribution in [0.25, 0.3) is 0 Å². The highest BCUT2D eigenvalue weighted by Gasteiger charge is 2.18. The Hall–Kier alpha value is -1.65. The summed E-state index contributed by atoms with van der Waals surface area (Å²) in [5.74, 6) is 5.11. The maximum absolute atomic E-state index is 5.83. The van der Waals surface area contributed by atoms with Crippen LogP contribution in [0.1, 0.15) is 101 Å². The molecular formula is C17H28N4O. The zero-order chi connectivity index (χ0) is 16.3. The lowest BCUT2D eigenvalue weighted by Crippen LogP contribution is -2.01. The first-order valence-electron chi connectivity index (χ1n) is 8.26. The quantitative estimate of drug-likeness (QED) is 0.803. The van der Waals surface area contributed by atoms with E-state index in [9.17, 15) is 0 Å². The van der Waals surface area contributed by atoms with Crippen LogP contribution in [0, 0.1) is 0 Å². The van der Waals surface area contributed by atoms with Gasteiger partial charge in [0.2, 0.25) is 0 Å². The molecule has 5 nitrogen and oxygen atoms in total. The van der Waals surface area contributed by atoms with Crippen molar-refractivity contribution in [2.24, 2.45) is 0 Å². The highest BCUT2D eigenvalue weighted by atomic mass is 16.4. The number of H-pyrrole nitrogens is 1. The summed E-state index contributed by atoms with van der Waals surface area (Å²) in [6, 6.07) is 0. The van der Waals surface area contributed by atoms with E-state index in [4.69, 9.17) is 4.42 Å². The van der Waals surface area contributed by atoms with Gasteiger partial charge >= 0.3 is 0 Å². The number of oxazole rings is 1. The van der Waals surface area contributed by atoms with E-state index >= 15 is 0 Å². The summed E-state index contributed by atoms with van der Waals surface area (Å²) < 4.78 is 5.83. The second-order valence-electron chi connectivity index (χ2n) is 6.87. The molecule has 0 spiro atoms. The molecule has 0 aliphatic carbocycles. The molecule has 2 aromatic rings. The van der Waals surface area contributed by atoms with E-state index in [1.165, 1.54) is 0 Å². The fourth-order valence-corrected chi connectivity index (χ4v) is 2.32. The third-order valence-corrected chi connectivity index (χ3v) is 4.07. The maximum Gasteiger partial charge on any atom is 0.197 e. The molecule has 0 aliphatic rings. The molecule has 2 unspecified atom stereocenters. The number of aromatic nitrogens is 4. The number of nitrogens with zero attached hydrogens (tertiary/aromatic N) is 3. The van der Waals surface area contributed by atoms with Crippen molar-refractivity contribution in [3.8, 4) is 0 Å². The molecule has 0 amide bonds. The predicted octanol–water partition coefficient (Wildman–Crippen LogP) is 4.73. The van der Waals surface area contributed by atoms with Crippen molar-refractivity contribution in [1.29, 1.82) is 0 Å². The zero-order valence-electron chi connectivity index (χ0n) is 14.6. The van der Waals surface area contributed by atoms with Crippen LogP contribution < -0.4 is 0 Å². The molecule has 2 heterocycles. The summed E-state index contributed by atoms with van der Waals surface area (Å²) in [6.07, 6.45) is 3.91. The fourth-order valence-electron chi connectivity index (χ4n) is 2.32. The highest BCUT2D eigenvalue weighted by Crippen LogP contribution is 2.27. The summed E-state index contributed by atoms with van der Waals surface area (Å²) in [4.78, 5) is 8.99. The molecular weight excluding hydrogens is 276 g/mol. The van der Waals surface area contributed by atoms with Crippen LogP contribution in [0.5, 0.6) is 0 Å². The van der Waals surface area contributed by atoms with E-state index in [0.717, 1.165) is 36.1 Å². The van der Waals surface area contributed by atoms with Gasteiger partial charge in [-0.2, -0.15) is 5.10 Å². The minimum absolute atomic E-state index is 0.322. The topological polar surface area (TPSA) is 67.6 Å². The zero-order valence-corrected chi connectivity index (χ0v) is 14.6. The second-order valence-corrected chi connectivity index (χ2v) is 6.87. The van der Waals surface area contributed by atoms with Crippen molar-refractivity contribution < 1.29 is 4.42 Å². The van der Waals surface area contributed by atoms with Crippen LogP contribution in [-0.4, -0.2) is 20.2 Å². The maximum atomic E-state index is 5.83. The average molecular weight is 304 g/mol. The van der Waals surface area contributed by atoms with Crippen molar-refractivity contribution >= 4 is 0 Å². The van der Waals surface area contributed by atoms with Crippen molar-refractivity contribution in [3.63, 3.8) is 0 Å². The lowest BCUT2D eigenvalue weighted by Gasteiger charge is -2.11. The van der Waals surface area contributed by atoms with E-state index in [2.05, 4.69) is 61.7 Å². The lowest BCUT2D eigenvalue weighted by molar-refractivity contribution is 0.397. The number of aromatic amines is 1. The van der Waals surface area contributed by atoms with Gasteiger partial charge in [0.05, 0.1) is 6.20 Å². The Morgan fingerprint density at radius 1 is 1.00 bits per heavy atom. The van der Waals surface area contributed by atoms with Crippen molar-refractivity contribution in [1.82, 2.24) is 20.2 Å². The Morgan fingerprint density at radius 3 is 2.23 bits per heavy atom. The van der Waals surface area contributed by atoms with Gasteiger partial charge in [0, 0.05) is 23.7 Å². The molecule has 0 aliphatic heterocycles. The van der Waals surface area contributed by atoms with Crippen LogP contribution in [0.3, 0.4) is 0 Å². The molecule has 0 aromatic carbocycles. The summed E-state index contributed by atoms with van der Waals surface area (Å²) in [5, 5.41) is 7.35. The SMILES string of the molecule is CC(C)c1n[nH]c(C(C)CCC(C)c2ncc(C(C)C)o2)n1. The summed E-state index contributed by atoms with van der Waals surface area (Å²) in [6.45, 7) is 12.8. The summed E-state index contributed by atoms with van der Waals surface area (Å²) in [5.41, 5.74) is 0. The summed E-state index contributed by atoms with van der Waals surface area (Å²) in [7, 11) is 0. The van der Waals surface area contributed by atoms with Gasteiger partial charge in [-0.3, -0.25) is 5.10 Å². The van der Waals surface area contributed by atoms with Crippen LogP contribution >= 0.6 is 0 Å². The standard InChI is InChI=1S/C17H28N4O/c1-10(2)14-9-18-17(22-14)13(6)8-7-12(5)16-19-15(11(3)4)20-21-16/h9-13H,7-8H2,1-6H3,(H,19,20,21). The molecule has 2 rings (SSSR count). The molecule has 0 radical (unpaired) electrons. The fraction of sp³-hybridized carbons (Fsp3) is 0.706. The monoisotopic (exact) mass is 304 g/mol. The first-order chi connectivity index (χ1) is 10.4. The molecule has 2 aromatic heterocycles. The van der Waals surface area contributed by atoms with Gasteiger partial charge in [-0.15, -0.1) is 0 Å². The molecule has 0 fully saturated rings. The van der Waals surface area contributed by atoms with Crippen molar-refractivity contribution in [2.45, 2.75) is 78.1 Å². The van der Waals surface area contributed by atoms with Gasteiger partial charge in [0.15, 0.2) is 11.7 Å². The van der Waals surface area contributed by atoms with Gasteiger partial charge in [-0.05, 0) is 12.8 Å². The molecule has 1 N–H and O–H groups in total. The minimum atomic E-state index is 0.322. The van der Waals surface area contributed by atoms with Gasteiger partial charge in [-0.25, -0.2) is 9.97 Å². The average Bonchev–Trinajstić information content (AvgIpc) is 3.12. The molecule has 2 atom stereocenters. The number of hydrogen-bond donors (Lipinski definition) is 1. The van der Waals surface area contributed by atoms with Crippen LogP contribution in [0.4, 0.5) is 0 Å². The Balaban J connectivity index is 1.90. The van der Waals surface area contributed by atoms with E-state index < -0.39 is 0 Å². The van der Waals surface area contributed by atoms with E-state index in [1.807, 2.05) is 6.20 Å². The van der Waals surface area contributed by atoms with Crippen molar-refractivity contribution in [2.75, 3.05) is 0 Å². The van der Waals surface area contributed by atoms with E-state index in [-0.39, 0.29) is 0 Å². The largest absolute Gasteiger partial charge is 0.445 e. The second kappa shape index (κ2) is 7.07. The minimum Gasteiger partial charge on any atom is -0.445 e. The lowest BCUT2D eigenvalue weighted by atomic mass is 9.97. The number of nitrogens with one attached hydrogen (secondary N) is 1. The van der Waals surface area contributed by atoms with E-state index in [0.29, 0.717) is 23.7 Å². The highest BCUT2D eigenvalue weighted by molar-refractivity contribution is 5.03. The molecule has 5 heteroatoms. The smallest absolute Gasteiger partial charge is 0.197 e. The third-order valence-electron chi connectivity index (χ3n) is 4.07. The Labute approximate surface area is 132 Å². The predicted molar refractivity (Wildman–Crippen MR) is 87.1 cm³/mol. The molecule has 0 saturated heterocycles. The summed E-state index contributed by atoms with van der Waals surface area (Å²) >= 11 is 0. The van der Waals surface area contributed by atoms with Crippen LogP contribution in [0.2, 0.25) is 0 Å². The third kappa shape index (κ3) is 3.96. The Bertz CT molecular complexity index is 533. The first-order valence-corrected chi connectivity index (χ1v) is 8.26. The molecule has 0 saturated carbocycles. The Kier molecular flexibility index (Phi) is 5.37. The van der Waals surface area contributed by atoms with Gasteiger partial charge in [-0.1, -0.05) is 41.5 Å². The van der Waals surface area contributed by atoms with Crippen molar-refractivity contribution in [3.05, 3.63) is 29.5 Å². The van der Waals surface area contributed by atoms with Gasteiger partial charge < -0.3 is 4.42 Å². The van der Waals surface area contributed by atoms with Gasteiger partial charge in [0.25, 0.3) is 0 Å². The number of hydrogen-bond acceptors (Lipinski definition) is 4. The van der Waals surface area contributed by atoms with Crippen LogP contribution in [0.15, 0.2) is 10.6 Å². The first kappa shape index (κ1) is 16.7. The van der Waals surface area contributed by atoms with Crippen LogP contribution in [-0.2, 0) is 0 Å². The van der Waals surface area contributed by atoms with E-state index in [1.54, 1.807) is 0 Å². The molecule has 122 valence electrons.